The standard InChI is InChI=1S/C16H14BrClFNO/c1-10-6-15(19)3-2-11(10)4-5-20-16(21)12-7-13(17)9-14(18)8-12/h2-3,6-9H,4-5H2,1H3,(H,20,21). The number of hydrogen-bond acceptors (Lipinski definition) is 1. The summed E-state index contributed by atoms with van der Waals surface area (Å²) in [4.78, 5) is 12.0. The Morgan fingerprint density at radius 1 is 1.29 bits per heavy atom. The molecule has 110 valence electrons. The van der Waals surface area contributed by atoms with E-state index in [0.29, 0.717) is 23.6 Å². The van der Waals surface area contributed by atoms with Crippen LogP contribution < -0.4 is 5.32 Å². The van der Waals surface area contributed by atoms with E-state index in [1.807, 2.05) is 6.92 Å². The van der Waals surface area contributed by atoms with Crippen LogP contribution in [0.15, 0.2) is 40.9 Å². The minimum Gasteiger partial charge on any atom is -0.352 e. The van der Waals surface area contributed by atoms with Crippen molar-refractivity contribution < 1.29 is 9.18 Å². The molecule has 1 amide bonds. The third kappa shape index (κ3) is 4.55. The molecule has 0 aliphatic heterocycles. The van der Waals surface area contributed by atoms with Gasteiger partial charge in [-0.05, 0) is 54.8 Å². The molecule has 0 radical (unpaired) electrons. The number of carbonyl (C=O) groups is 1. The van der Waals surface area contributed by atoms with Crippen LogP contribution >= 0.6 is 27.5 Å². The first-order valence-corrected chi connectivity index (χ1v) is 7.62. The van der Waals surface area contributed by atoms with Gasteiger partial charge in [0.05, 0.1) is 0 Å². The Bertz CT molecular complexity index is 655. The molecule has 0 heterocycles. The molecule has 1 N–H and O–H groups in total. The van der Waals surface area contributed by atoms with E-state index in [9.17, 15) is 9.18 Å². The summed E-state index contributed by atoms with van der Waals surface area (Å²) in [5.74, 6) is -0.429. The van der Waals surface area contributed by atoms with Gasteiger partial charge >= 0.3 is 0 Å². The summed E-state index contributed by atoms with van der Waals surface area (Å²) in [5.41, 5.74) is 2.41. The van der Waals surface area contributed by atoms with E-state index >= 15 is 0 Å². The first-order valence-electron chi connectivity index (χ1n) is 6.45. The first kappa shape index (κ1) is 16.0. The van der Waals surface area contributed by atoms with Gasteiger partial charge in [0.15, 0.2) is 0 Å². The van der Waals surface area contributed by atoms with Crippen LogP contribution in [0.2, 0.25) is 5.02 Å². The highest BCUT2D eigenvalue weighted by Crippen LogP contribution is 2.19. The Labute approximate surface area is 136 Å². The zero-order valence-electron chi connectivity index (χ0n) is 11.4. The van der Waals surface area contributed by atoms with Gasteiger partial charge in [-0.25, -0.2) is 4.39 Å². The van der Waals surface area contributed by atoms with Crippen LogP contribution in [0.3, 0.4) is 0 Å². The zero-order chi connectivity index (χ0) is 15.4. The average Bonchev–Trinajstić information content (AvgIpc) is 2.40. The summed E-state index contributed by atoms with van der Waals surface area (Å²) in [5, 5.41) is 3.34. The van der Waals surface area contributed by atoms with Crippen LogP contribution in [-0.4, -0.2) is 12.5 Å². The van der Waals surface area contributed by atoms with E-state index in [2.05, 4.69) is 21.2 Å². The fourth-order valence-corrected chi connectivity index (χ4v) is 2.90. The molecule has 0 spiro atoms. The van der Waals surface area contributed by atoms with Gasteiger partial charge in [0.2, 0.25) is 0 Å². The number of aryl methyl sites for hydroxylation is 1. The molecular formula is C16H14BrClFNO. The van der Waals surface area contributed by atoms with E-state index < -0.39 is 0 Å². The van der Waals surface area contributed by atoms with Crippen molar-refractivity contribution in [1.29, 1.82) is 0 Å². The van der Waals surface area contributed by atoms with E-state index in [1.165, 1.54) is 12.1 Å². The monoisotopic (exact) mass is 369 g/mol. The quantitative estimate of drug-likeness (QED) is 0.842. The van der Waals surface area contributed by atoms with Crippen LogP contribution in [0.4, 0.5) is 4.39 Å². The van der Waals surface area contributed by atoms with E-state index in [0.717, 1.165) is 15.6 Å². The normalized spacial score (nSPS) is 10.5. The molecule has 2 aromatic carbocycles. The second kappa shape index (κ2) is 7.05. The molecule has 0 saturated carbocycles. The van der Waals surface area contributed by atoms with E-state index in [-0.39, 0.29) is 11.7 Å². The molecule has 0 unspecified atom stereocenters. The molecule has 0 saturated heterocycles. The molecular weight excluding hydrogens is 357 g/mol. The predicted octanol–water partition coefficient (Wildman–Crippen LogP) is 4.52. The van der Waals surface area contributed by atoms with Crippen molar-refractivity contribution in [2.75, 3.05) is 6.54 Å². The minimum absolute atomic E-state index is 0.182. The van der Waals surface area contributed by atoms with Crippen molar-refractivity contribution in [2.24, 2.45) is 0 Å². The smallest absolute Gasteiger partial charge is 0.251 e. The number of carbonyl (C=O) groups excluding carboxylic acids is 1. The summed E-state index contributed by atoms with van der Waals surface area (Å²) >= 11 is 9.22. The maximum atomic E-state index is 13.0. The predicted molar refractivity (Wildman–Crippen MR) is 86.3 cm³/mol. The van der Waals surface area contributed by atoms with Crippen LogP contribution in [0.5, 0.6) is 0 Å². The van der Waals surface area contributed by atoms with Crippen molar-refractivity contribution in [3.63, 3.8) is 0 Å². The minimum atomic E-state index is -0.246. The highest BCUT2D eigenvalue weighted by molar-refractivity contribution is 9.10. The molecule has 21 heavy (non-hydrogen) atoms. The Morgan fingerprint density at radius 3 is 2.71 bits per heavy atom. The fraction of sp³-hybridized carbons (Fsp3) is 0.188. The van der Waals surface area contributed by atoms with Gasteiger partial charge in [0.25, 0.3) is 5.91 Å². The lowest BCUT2D eigenvalue weighted by Gasteiger charge is -2.08. The van der Waals surface area contributed by atoms with Gasteiger partial charge in [0.1, 0.15) is 5.82 Å². The molecule has 0 aliphatic rings. The lowest BCUT2D eigenvalue weighted by molar-refractivity contribution is 0.0954. The average molecular weight is 371 g/mol. The molecule has 0 atom stereocenters. The van der Waals surface area contributed by atoms with E-state index in [1.54, 1.807) is 24.3 Å². The summed E-state index contributed by atoms with van der Waals surface area (Å²) in [6, 6.07) is 9.71. The van der Waals surface area contributed by atoms with Crippen LogP contribution in [0.1, 0.15) is 21.5 Å². The Balaban J connectivity index is 1.95. The number of hydrogen-bond donors (Lipinski definition) is 1. The number of rotatable bonds is 4. The molecule has 0 aliphatic carbocycles. The molecule has 0 bridgehead atoms. The number of amides is 1. The van der Waals surface area contributed by atoms with Crippen molar-refractivity contribution in [3.05, 3.63) is 68.4 Å². The zero-order valence-corrected chi connectivity index (χ0v) is 13.8. The first-order chi connectivity index (χ1) is 9.95. The third-order valence-corrected chi connectivity index (χ3v) is 3.79. The van der Waals surface area contributed by atoms with Gasteiger partial charge in [-0.3, -0.25) is 4.79 Å². The molecule has 0 aromatic heterocycles. The van der Waals surface area contributed by atoms with Crippen LogP contribution in [-0.2, 0) is 6.42 Å². The lowest BCUT2D eigenvalue weighted by Crippen LogP contribution is -2.25. The van der Waals surface area contributed by atoms with E-state index in [4.69, 9.17) is 11.6 Å². The molecule has 0 fully saturated rings. The van der Waals surface area contributed by atoms with Gasteiger partial charge in [-0.1, -0.05) is 33.6 Å². The van der Waals surface area contributed by atoms with Gasteiger partial charge in [-0.2, -0.15) is 0 Å². The maximum absolute atomic E-state index is 13.0. The molecule has 2 nitrogen and oxygen atoms in total. The fourth-order valence-electron chi connectivity index (χ4n) is 2.04. The Kier molecular flexibility index (Phi) is 5.37. The number of benzene rings is 2. The SMILES string of the molecule is Cc1cc(F)ccc1CCNC(=O)c1cc(Cl)cc(Br)c1. The van der Waals surface area contributed by atoms with Crippen LogP contribution in [0, 0.1) is 12.7 Å². The topological polar surface area (TPSA) is 29.1 Å². The molecule has 2 rings (SSSR count). The number of nitrogens with one attached hydrogen (secondary N) is 1. The lowest BCUT2D eigenvalue weighted by atomic mass is 10.1. The largest absolute Gasteiger partial charge is 0.352 e. The Hall–Kier alpha value is -1.39. The summed E-state index contributed by atoms with van der Waals surface area (Å²) < 4.78 is 13.8. The third-order valence-electron chi connectivity index (χ3n) is 3.11. The highest BCUT2D eigenvalue weighted by Gasteiger charge is 2.08. The Morgan fingerprint density at radius 2 is 2.05 bits per heavy atom. The van der Waals surface area contributed by atoms with Crippen LogP contribution in [0.25, 0.3) is 0 Å². The second-order valence-corrected chi connectivity index (χ2v) is 6.09. The summed E-state index contributed by atoms with van der Waals surface area (Å²) in [6.45, 7) is 2.34. The highest BCUT2D eigenvalue weighted by atomic mass is 79.9. The van der Waals surface area contributed by atoms with Crippen molar-refractivity contribution in [2.45, 2.75) is 13.3 Å². The molecule has 2 aromatic rings. The van der Waals surface area contributed by atoms with Gasteiger partial charge < -0.3 is 5.32 Å². The van der Waals surface area contributed by atoms with Crippen molar-refractivity contribution >= 4 is 33.4 Å². The van der Waals surface area contributed by atoms with Crippen molar-refractivity contribution in [3.8, 4) is 0 Å². The van der Waals surface area contributed by atoms with Gasteiger partial charge in [0, 0.05) is 21.6 Å². The van der Waals surface area contributed by atoms with Gasteiger partial charge in [-0.15, -0.1) is 0 Å². The summed E-state index contributed by atoms with van der Waals surface area (Å²) in [7, 11) is 0. The maximum Gasteiger partial charge on any atom is 0.251 e. The van der Waals surface area contributed by atoms with Crippen molar-refractivity contribution in [1.82, 2.24) is 5.32 Å². The second-order valence-electron chi connectivity index (χ2n) is 4.73. The number of halogens is 3. The molecule has 5 heteroatoms. The summed E-state index contributed by atoms with van der Waals surface area (Å²) in [6.07, 6.45) is 0.652.